The number of ether oxygens (including phenoxy) is 1. The molecule has 3 aromatic heterocycles. The highest BCUT2D eigenvalue weighted by molar-refractivity contribution is 7.16. The molecule has 0 amide bonds. The van der Waals surface area contributed by atoms with Crippen LogP contribution in [-0.2, 0) is 4.74 Å². The van der Waals surface area contributed by atoms with Crippen molar-refractivity contribution in [2.24, 2.45) is 0 Å². The molecule has 1 aliphatic rings. The first kappa shape index (κ1) is 12.7. The Hall–Kier alpha value is -2.05. The van der Waals surface area contributed by atoms with Gasteiger partial charge in [-0.15, -0.1) is 11.3 Å². The lowest BCUT2D eigenvalue weighted by atomic mass is 10.3. The normalized spacial score (nSPS) is 15.5. The molecule has 5 nitrogen and oxygen atoms in total. The number of rotatable bonds is 2. The van der Waals surface area contributed by atoms with Gasteiger partial charge in [-0.1, -0.05) is 6.07 Å². The minimum atomic E-state index is 0.687. The zero-order chi connectivity index (χ0) is 14.1. The molecule has 0 bridgehead atoms. The third-order valence-electron chi connectivity index (χ3n) is 3.51. The number of fused-ring (bicyclic) bond motifs is 1. The van der Waals surface area contributed by atoms with Crippen molar-refractivity contribution in [1.82, 2.24) is 15.0 Å². The molecule has 1 saturated heterocycles. The molecule has 3 aromatic rings. The summed E-state index contributed by atoms with van der Waals surface area (Å²) in [5.74, 6) is 1.68. The molecule has 0 saturated carbocycles. The molecule has 6 heteroatoms. The van der Waals surface area contributed by atoms with Gasteiger partial charge in [-0.25, -0.2) is 9.97 Å². The summed E-state index contributed by atoms with van der Waals surface area (Å²) in [7, 11) is 0. The van der Waals surface area contributed by atoms with Crippen molar-refractivity contribution in [3.05, 3.63) is 35.8 Å². The average molecular weight is 298 g/mol. The number of morpholine rings is 1. The molecule has 21 heavy (non-hydrogen) atoms. The molecule has 0 radical (unpaired) electrons. The third-order valence-corrected chi connectivity index (χ3v) is 4.32. The van der Waals surface area contributed by atoms with Crippen molar-refractivity contribution in [1.29, 1.82) is 0 Å². The van der Waals surface area contributed by atoms with Gasteiger partial charge in [0.2, 0.25) is 0 Å². The fraction of sp³-hybridized carbons (Fsp3) is 0.267. The van der Waals surface area contributed by atoms with E-state index in [9.17, 15) is 0 Å². The summed E-state index contributed by atoms with van der Waals surface area (Å²) in [4.78, 5) is 17.1. The maximum atomic E-state index is 5.43. The van der Waals surface area contributed by atoms with Gasteiger partial charge in [0, 0.05) is 19.3 Å². The molecular formula is C15H14N4OS. The fourth-order valence-corrected chi connectivity index (χ4v) is 3.22. The molecule has 0 atom stereocenters. The minimum Gasteiger partial charge on any atom is -0.378 e. The number of aromatic nitrogens is 3. The molecule has 0 N–H and O–H groups in total. The third kappa shape index (κ3) is 2.36. The first-order valence-electron chi connectivity index (χ1n) is 6.91. The SMILES string of the molecule is c1ccc(-c2nc(N3CCOCC3)c3ccsc3n2)nc1. The molecule has 0 unspecified atom stereocenters. The number of hydrogen-bond donors (Lipinski definition) is 0. The lowest BCUT2D eigenvalue weighted by Gasteiger charge is -2.28. The lowest BCUT2D eigenvalue weighted by Crippen LogP contribution is -2.37. The molecular weight excluding hydrogens is 284 g/mol. The van der Waals surface area contributed by atoms with Gasteiger partial charge in [0.15, 0.2) is 5.82 Å². The van der Waals surface area contributed by atoms with E-state index in [1.54, 1.807) is 17.5 Å². The monoisotopic (exact) mass is 298 g/mol. The van der Waals surface area contributed by atoms with Crippen LogP contribution in [0.4, 0.5) is 5.82 Å². The van der Waals surface area contributed by atoms with Gasteiger partial charge in [-0.2, -0.15) is 0 Å². The molecule has 106 valence electrons. The zero-order valence-electron chi connectivity index (χ0n) is 11.4. The van der Waals surface area contributed by atoms with Crippen molar-refractivity contribution < 1.29 is 4.74 Å². The second-order valence-electron chi connectivity index (χ2n) is 4.82. The average Bonchev–Trinajstić information content (AvgIpc) is 3.04. The van der Waals surface area contributed by atoms with E-state index in [0.29, 0.717) is 5.82 Å². The van der Waals surface area contributed by atoms with Gasteiger partial charge in [0.1, 0.15) is 16.3 Å². The lowest BCUT2D eigenvalue weighted by molar-refractivity contribution is 0.122. The number of hydrogen-bond acceptors (Lipinski definition) is 6. The Balaban J connectivity index is 1.86. The summed E-state index contributed by atoms with van der Waals surface area (Å²) in [5, 5.41) is 3.17. The first-order valence-corrected chi connectivity index (χ1v) is 7.79. The summed E-state index contributed by atoms with van der Waals surface area (Å²) >= 11 is 1.64. The highest BCUT2D eigenvalue weighted by atomic mass is 32.1. The quantitative estimate of drug-likeness (QED) is 0.728. The van der Waals surface area contributed by atoms with Gasteiger partial charge in [0.05, 0.1) is 18.6 Å². The summed E-state index contributed by atoms with van der Waals surface area (Å²) < 4.78 is 5.43. The summed E-state index contributed by atoms with van der Waals surface area (Å²) in [5.41, 5.74) is 0.808. The van der Waals surface area contributed by atoms with E-state index in [2.05, 4.69) is 26.3 Å². The standard InChI is InChI=1S/C15H14N4OS/c1-2-5-16-12(3-1)13-17-14(19-6-8-20-9-7-19)11-4-10-21-15(11)18-13/h1-5,10H,6-9H2. The van der Waals surface area contributed by atoms with Gasteiger partial charge in [-0.05, 0) is 23.6 Å². The smallest absolute Gasteiger partial charge is 0.181 e. The number of pyridine rings is 1. The second-order valence-corrected chi connectivity index (χ2v) is 5.72. The van der Waals surface area contributed by atoms with Crippen LogP contribution in [0.3, 0.4) is 0 Å². The Morgan fingerprint density at radius 2 is 2.00 bits per heavy atom. The van der Waals surface area contributed by atoms with Crippen molar-refractivity contribution in [3.8, 4) is 11.5 Å². The van der Waals surface area contributed by atoms with Crippen molar-refractivity contribution in [2.45, 2.75) is 0 Å². The van der Waals surface area contributed by atoms with Crippen LogP contribution >= 0.6 is 11.3 Å². The van der Waals surface area contributed by atoms with E-state index in [1.807, 2.05) is 18.2 Å². The Kier molecular flexibility index (Phi) is 3.25. The largest absolute Gasteiger partial charge is 0.378 e. The molecule has 1 fully saturated rings. The van der Waals surface area contributed by atoms with Crippen LogP contribution in [0.1, 0.15) is 0 Å². The number of nitrogens with zero attached hydrogens (tertiary/aromatic N) is 4. The predicted molar refractivity (Wildman–Crippen MR) is 83.7 cm³/mol. The van der Waals surface area contributed by atoms with Crippen molar-refractivity contribution in [2.75, 3.05) is 31.2 Å². The molecule has 4 rings (SSSR count). The van der Waals surface area contributed by atoms with Crippen molar-refractivity contribution >= 4 is 27.4 Å². The Bertz CT molecular complexity index is 753. The predicted octanol–water partition coefficient (Wildman–Crippen LogP) is 2.59. The summed E-state index contributed by atoms with van der Waals surface area (Å²) in [6.45, 7) is 3.22. The fourth-order valence-electron chi connectivity index (χ4n) is 2.47. The van der Waals surface area contributed by atoms with Gasteiger partial charge >= 0.3 is 0 Å². The molecule has 1 aliphatic heterocycles. The Labute approximate surface area is 126 Å². The van der Waals surface area contributed by atoms with Crippen LogP contribution in [0.2, 0.25) is 0 Å². The molecule has 4 heterocycles. The van der Waals surface area contributed by atoms with E-state index in [4.69, 9.17) is 9.72 Å². The number of thiophene rings is 1. The number of anilines is 1. The van der Waals surface area contributed by atoms with Crippen LogP contribution in [0.25, 0.3) is 21.7 Å². The van der Waals surface area contributed by atoms with Crippen LogP contribution in [-0.4, -0.2) is 41.3 Å². The molecule has 0 spiro atoms. The maximum Gasteiger partial charge on any atom is 0.181 e. The topological polar surface area (TPSA) is 51.1 Å². The van der Waals surface area contributed by atoms with Crippen molar-refractivity contribution in [3.63, 3.8) is 0 Å². The van der Waals surface area contributed by atoms with Gasteiger partial charge < -0.3 is 9.64 Å². The van der Waals surface area contributed by atoms with E-state index in [0.717, 1.165) is 48.0 Å². The van der Waals surface area contributed by atoms with E-state index in [-0.39, 0.29) is 0 Å². The van der Waals surface area contributed by atoms with Crippen LogP contribution < -0.4 is 4.90 Å². The minimum absolute atomic E-state index is 0.687. The highest BCUT2D eigenvalue weighted by Crippen LogP contribution is 2.30. The molecule has 0 aliphatic carbocycles. The molecule has 0 aromatic carbocycles. The van der Waals surface area contributed by atoms with Crippen LogP contribution in [0.5, 0.6) is 0 Å². The second kappa shape index (κ2) is 5.38. The zero-order valence-corrected chi connectivity index (χ0v) is 12.2. The van der Waals surface area contributed by atoms with E-state index in [1.165, 1.54) is 0 Å². The van der Waals surface area contributed by atoms with E-state index < -0.39 is 0 Å². The first-order chi connectivity index (χ1) is 10.4. The summed E-state index contributed by atoms with van der Waals surface area (Å²) in [6, 6.07) is 7.89. The Morgan fingerprint density at radius 3 is 2.81 bits per heavy atom. The Morgan fingerprint density at radius 1 is 1.10 bits per heavy atom. The van der Waals surface area contributed by atoms with Gasteiger partial charge in [-0.3, -0.25) is 4.98 Å². The van der Waals surface area contributed by atoms with E-state index >= 15 is 0 Å². The van der Waals surface area contributed by atoms with Crippen LogP contribution in [0.15, 0.2) is 35.8 Å². The maximum absolute atomic E-state index is 5.43. The van der Waals surface area contributed by atoms with Gasteiger partial charge in [0.25, 0.3) is 0 Å². The highest BCUT2D eigenvalue weighted by Gasteiger charge is 2.18. The van der Waals surface area contributed by atoms with Crippen LogP contribution in [0, 0.1) is 0 Å². The summed E-state index contributed by atoms with van der Waals surface area (Å²) in [6.07, 6.45) is 1.77.